The SMILES string of the molecule is COC(=O)C1=C(CN2CCN3C(=O)N(c4ccc(Oc5ccc(C(=O)N6CCOC[C@@H]6CCC(=O)O)cc5)cc4)C[C@@H]3C2)NC(c2nccs2)=N[C@H]1c1ccc(F)cc1Cl. The Bertz CT molecular complexity index is 2330. The molecule has 312 valence electrons. The molecule has 4 aliphatic heterocycles. The molecule has 0 spiro atoms. The van der Waals surface area contributed by atoms with Gasteiger partial charge >= 0.3 is 18.0 Å². The topological polar surface area (TPSA) is 166 Å². The number of anilines is 1. The molecule has 3 amide bonds. The van der Waals surface area contributed by atoms with E-state index in [4.69, 9.17) is 35.9 Å². The summed E-state index contributed by atoms with van der Waals surface area (Å²) in [6, 6.07) is 16.6. The van der Waals surface area contributed by atoms with E-state index in [1.165, 1.54) is 36.6 Å². The Kier molecular flexibility index (Phi) is 12.1. The van der Waals surface area contributed by atoms with Gasteiger partial charge in [0.15, 0.2) is 10.8 Å². The number of hydrogen-bond acceptors (Lipinski definition) is 12. The van der Waals surface area contributed by atoms with Crippen molar-refractivity contribution < 1.29 is 42.9 Å². The molecule has 3 fully saturated rings. The Morgan fingerprint density at radius 1 is 1.03 bits per heavy atom. The predicted molar refractivity (Wildman–Crippen MR) is 220 cm³/mol. The molecule has 3 atom stereocenters. The Morgan fingerprint density at radius 3 is 2.50 bits per heavy atom. The number of aliphatic imine (C=N–C) groups is 1. The summed E-state index contributed by atoms with van der Waals surface area (Å²) in [4.78, 5) is 68.2. The van der Waals surface area contributed by atoms with E-state index in [1.54, 1.807) is 52.4 Å². The molecule has 5 heterocycles. The van der Waals surface area contributed by atoms with E-state index in [-0.39, 0.29) is 41.0 Å². The summed E-state index contributed by atoms with van der Waals surface area (Å²) in [6.07, 6.45) is 1.93. The number of carbonyl (C=O) groups excluding carboxylic acids is 3. The summed E-state index contributed by atoms with van der Waals surface area (Å²) in [7, 11) is 1.30. The number of fused-ring (bicyclic) bond motifs is 1. The third-order valence-electron chi connectivity index (χ3n) is 10.9. The molecule has 18 heteroatoms. The lowest BCUT2D eigenvalue weighted by Crippen LogP contribution is -2.53. The average molecular weight is 858 g/mol. The molecule has 1 aromatic heterocycles. The lowest BCUT2D eigenvalue weighted by atomic mass is 9.95. The fourth-order valence-corrected chi connectivity index (χ4v) is 8.79. The first-order valence-electron chi connectivity index (χ1n) is 19.4. The number of nitrogens with zero attached hydrogens (tertiary/aromatic N) is 6. The number of esters is 1. The van der Waals surface area contributed by atoms with Gasteiger partial charge in [-0.15, -0.1) is 11.3 Å². The first kappa shape index (κ1) is 40.9. The summed E-state index contributed by atoms with van der Waals surface area (Å²) in [5, 5.41) is 15.0. The second kappa shape index (κ2) is 17.8. The van der Waals surface area contributed by atoms with Crippen LogP contribution in [0.1, 0.15) is 39.8 Å². The number of methoxy groups -OCH3 is 1. The van der Waals surface area contributed by atoms with Crippen LogP contribution in [0.2, 0.25) is 5.02 Å². The average Bonchev–Trinajstić information content (AvgIpc) is 3.91. The van der Waals surface area contributed by atoms with Crippen LogP contribution in [-0.2, 0) is 19.1 Å². The summed E-state index contributed by atoms with van der Waals surface area (Å²) in [5.41, 5.74) is 2.43. The number of morpholine rings is 1. The number of rotatable bonds is 12. The number of ether oxygens (including phenoxy) is 3. The summed E-state index contributed by atoms with van der Waals surface area (Å²) < 4.78 is 30.9. The van der Waals surface area contributed by atoms with Crippen LogP contribution < -0.4 is 15.0 Å². The highest BCUT2D eigenvalue weighted by molar-refractivity contribution is 7.11. The van der Waals surface area contributed by atoms with Crippen LogP contribution in [-0.4, -0.2) is 126 Å². The summed E-state index contributed by atoms with van der Waals surface area (Å²) in [5.74, 6) is -0.697. The molecule has 4 aliphatic rings. The molecule has 0 radical (unpaired) electrons. The maximum atomic E-state index is 14.1. The van der Waals surface area contributed by atoms with Gasteiger partial charge in [0.25, 0.3) is 5.91 Å². The smallest absolute Gasteiger partial charge is 0.338 e. The van der Waals surface area contributed by atoms with Gasteiger partial charge in [0.2, 0.25) is 0 Å². The molecule has 0 saturated carbocycles. The van der Waals surface area contributed by atoms with Crippen molar-refractivity contribution in [1.82, 2.24) is 25.0 Å². The quantitative estimate of drug-likeness (QED) is 0.171. The predicted octanol–water partition coefficient (Wildman–Crippen LogP) is 5.58. The van der Waals surface area contributed by atoms with E-state index < -0.39 is 23.8 Å². The maximum absolute atomic E-state index is 14.1. The lowest BCUT2D eigenvalue weighted by Gasteiger charge is -2.38. The lowest BCUT2D eigenvalue weighted by molar-refractivity contribution is -0.138. The van der Waals surface area contributed by atoms with Crippen LogP contribution in [0.25, 0.3) is 0 Å². The first-order valence-corrected chi connectivity index (χ1v) is 20.6. The molecule has 3 aromatic carbocycles. The minimum Gasteiger partial charge on any atom is -0.481 e. The number of piperazine rings is 1. The zero-order valence-electron chi connectivity index (χ0n) is 32.5. The standard InChI is InChI=1S/C42H41ClFN7O8S/c1-57-41(55)36-34(46-38(39-45-14-19-60-39)47-37(36)32-12-4-26(44)20-33(32)43)23-48-15-16-50-29(21-48)22-51(42(50)56)27-5-10-31(11-6-27)59-30-8-2-25(3-9-30)40(54)49-17-18-58-24-28(49)7-13-35(52)53/h2-6,8-12,14,19-20,28-29,37H,7,13,15-18,21-24H2,1H3,(H,46,47)(H,52,53)/t28-,29-,37-/m0/s1. The Balaban J connectivity index is 0.925. The van der Waals surface area contributed by atoms with Crippen LogP contribution >= 0.6 is 22.9 Å². The number of aliphatic carboxylic acids is 1. The molecule has 2 N–H and O–H groups in total. The van der Waals surface area contributed by atoms with Crippen molar-refractivity contribution >= 4 is 58.3 Å². The van der Waals surface area contributed by atoms with Crippen molar-refractivity contribution in [2.75, 3.05) is 64.5 Å². The number of urea groups is 1. The molecule has 0 bridgehead atoms. The minimum atomic E-state index is -0.915. The van der Waals surface area contributed by atoms with Gasteiger partial charge in [0, 0.05) is 84.8 Å². The fraction of sp³-hybridized carbons (Fsp3) is 0.333. The van der Waals surface area contributed by atoms with E-state index in [2.05, 4.69) is 15.2 Å². The van der Waals surface area contributed by atoms with Crippen molar-refractivity contribution in [1.29, 1.82) is 0 Å². The highest BCUT2D eigenvalue weighted by Crippen LogP contribution is 2.37. The summed E-state index contributed by atoms with van der Waals surface area (Å²) >= 11 is 7.90. The van der Waals surface area contributed by atoms with Crippen molar-refractivity contribution in [2.45, 2.75) is 31.0 Å². The molecule has 60 heavy (non-hydrogen) atoms. The van der Waals surface area contributed by atoms with Gasteiger partial charge in [-0.25, -0.2) is 19.0 Å². The van der Waals surface area contributed by atoms with Gasteiger partial charge in [-0.05, 0) is 67.1 Å². The molecule has 3 saturated heterocycles. The second-order valence-corrected chi connectivity index (χ2v) is 15.9. The number of halogens is 2. The van der Waals surface area contributed by atoms with E-state index in [0.717, 1.165) is 0 Å². The molecular weight excluding hydrogens is 817 g/mol. The van der Waals surface area contributed by atoms with E-state index in [9.17, 15) is 23.6 Å². The number of nitrogens with one attached hydrogen (secondary N) is 1. The van der Waals surface area contributed by atoms with Crippen molar-refractivity contribution in [3.8, 4) is 11.5 Å². The zero-order valence-corrected chi connectivity index (χ0v) is 34.0. The van der Waals surface area contributed by atoms with Crippen LogP contribution in [0.15, 0.2) is 94.6 Å². The third kappa shape index (κ3) is 8.70. The number of carbonyl (C=O) groups is 4. The number of amidine groups is 1. The van der Waals surface area contributed by atoms with Crippen molar-refractivity contribution in [3.63, 3.8) is 0 Å². The zero-order chi connectivity index (χ0) is 41.9. The third-order valence-corrected chi connectivity index (χ3v) is 12.0. The van der Waals surface area contributed by atoms with Crippen molar-refractivity contribution in [3.05, 3.63) is 117 Å². The van der Waals surface area contributed by atoms with Gasteiger partial charge in [0.05, 0.1) is 38.0 Å². The number of benzene rings is 3. The Morgan fingerprint density at radius 2 is 1.80 bits per heavy atom. The molecule has 0 aliphatic carbocycles. The number of hydrogen-bond donors (Lipinski definition) is 2. The molecule has 4 aromatic rings. The fourth-order valence-electron chi connectivity index (χ4n) is 7.94. The molecule has 15 nitrogen and oxygen atoms in total. The Hall–Kier alpha value is -5.88. The van der Waals surface area contributed by atoms with Gasteiger partial charge in [-0.2, -0.15) is 0 Å². The van der Waals surface area contributed by atoms with Gasteiger partial charge < -0.3 is 34.4 Å². The van der Waals surface area contributed by atoms with Gasteiger partial charge in [-0.3, -0.25) is 24.4 Å². The maximum Gasteiger partial charge on any atom is 0.338 e. The highest BCUT2D eigenvalue weighted by Gasteiger charge is 2.42. The first-order chi connectivity index (χ1) is 29.1. The van der Waals surface area contributed by atoms with Crippen molar-refractivity contribution in [2.24, 2.45) is 4.99 Å². The highest BCUT2D eigenvalue weighted by atomic mass is 35.5. The molecular formula is C42H41ClFN7O8S. The van der Waals surface area contributed by atoms with E-state index >= 15 is 0 Å². The van der Waals surface area contributed by atoms with Crippen LogP contribution in [0.3, 0.4) is 0 Å². The van der Waals surface area contributed by atoms with E-state index in [1.807, 2.05) is 22.4 Å². The second-order valence-electron chi connectivity index (χ2n) is 14.6. The number of aromatic nitrogens is 1. The van der Waals surface area contributed by atoms with Gasteiger partial charge in [-0.1, -0.05) is 17.7 Å². The number of amides is 3. The molecule has 0 unspecified atom stereocenters. The van der Waals surface area contributed by atoms with Crippen LogP contribution in [0.4, 0.5) is 14.9 Å². The largest absolute Gasteiger partial charge is 0.481 e. The number of carboxylic acid groups (broad SMARTS) is 1. The summed E-state index contributed by atoms with van der Waals surface area (Å²) in [6.45, 7) is 3.37. The number of carboxylic acids is 1. The monoisotopic (exact) mass is 857 g/mol. The normalized spacial score (nSPS) is 20.7. The van der Waals surface area contributed by atoms with Crippen LogP contribution in [0.5, 0.6) is 11.5 Å². The Labute approximate surface area is 353 Å². The minimum absolute atomic E-state index is 0.0467. The van der Waals surface area contributed by atoms with Gasteiger partial charge in [0.1, 0.15) is 23.4 Å². The van der Waals surface area contributed by atoms with E-state index in [0.29, 0.717) is 104 Å². The molecule has 8 rings (SSSR count). The van der Waals surface area contributed by atoms with Crippen LogP contribution in [0, 0.1) is 5.82 Å². The number of thiazole rings is 1.